The van der Waals surface area contributed by atoms with E-state index < -0.39 is 6.09 Å². The second-order valence-electron chi connectivity index (χ2n) is 3.00. The number of carbonyl (C=O) groups is 1. The van der Waals surface area contributed by atoms with Crippen LogP contribution in [-0.4, -0.2) is 40.0 Å². The molecule has 0 bridgehead atoms. The van der Waals surface area contributed by atoms with Crippen molar-refractivity contribution in [2.24, 2.45) is 0 Å². The molecule has 0 aromatic rings. The number of thioether (sulfide) groups is 1. The van der Waals surface area contributed by atoms with Gasteiger partial charge in [-0.2, -0.15) is 11.8 Å². The molecule has 0 spiro atoms. The number of carboxylic acid groups (broad SMARTS) is 1. The number of hydrogen-bond donors (Lipinski definition) is 3. The molecular weight excluding hydrogens is 178 g/mol. The van der Waals surface area contributed by atoms with E-state index in [2.05, 4.69) is 5.32 Å². The summed E-state index contributed by atoms with van der Waals surface area (Å²) in [6.07, 6.45) is -1.00. The lowest BCUT2D eigenvalue weighted by Gasteiger charge is -2.20. The summed E-state index contributed by atoms with van der Waals surface area (Å²) in [7, 11) is 0. The average Bonchev–Trinajstić information content (AvgIpc) is 1.98. The molecule has 3 N–H and O–H groups in total. The van der Waals surface area contributed by atoms with E-state index in [0.717, 1.165) is 0 Å². The van der Waals surface area contributed by atoms with Crippen LogP contribution in [0.1, 0.15) is 13.8 Å². The smallest absolute Gasteiger partial charge is 0.404 e. The van der Waals surface area contributed by atoms with E-state index in [0.29, 0.717) is 12.3 Å². The first kappa shape index (κ1) is 11.6. The molecule has 0 aliphatic rings. The lowest BCUT2D eigenvalue weighted by Crippen LogP contribution is -2.27. The molecule has 0 radical (unpaired) electrons. The van der Waals surface area contributed by atoms with E-state index in [1.807, 2.05) is 13.8 Å². The summed E-state index contributed by atoms with van der Waals surface area (Å²) in [6, 6.07) is 0. The molecule has 4 nitrogen and oxygen atoms in total. The highest BCUT2D eigenvalue weighted by molar-refractivity contribution is 8.00. The van der Waals surface area contributed by atoms with Crippen molar-refractivity contribution >= 4 is 17.9 Å². The van der Waals surface area contributed by atoms with Crippen molar-refractivity contribution < 1.29 is 15.0 Å². The Hall–Kier alpha value is -0.420. The van der Waals surface area contributed by atoms with Crippen molar-refractivity contribution in [2.45, 2.75) is 18.6 Å². The standard InChI is InChI=1S/C7H15NO3S/c1-7(2,5-9)12-4-3-8-6(10)11/h8-9H,3-5H2,1-2H3,(H,10,11). The zero-order chi connectivity index (χ0) is 9.61. The maximum atomic E-state index is 10.0. The lowest BCUT2D eigenvalue weighted by molar-refractivity contribution is 0.195. The number of aliphatic hydroxyl groups is 1. The summed E-state index contributed by atoms with van der Waals surface area (Å²) < 4.78 is -0.180. The van der Waals surface area contributed by atoms with E-state index in [4.69, 9.17) is 10.2 Å². The molecule has 72 valence electrons. The molecule has 0 aliphatic heterocycles. The van der Waals surface area contributed by atoms with Gasteiger partial charge >= 0.3 is 6.09 Å². The number of nitrogens with one attached hydrogen (secondary N) is 1. The monoisotopic (exact) mass is 193 g/mol. The fourth-order valence-electron chi connectivity index (χ4n) is 0.531. The van der Waals surface area contributed by atoms with Crippen LogP contribution in [0.2, 0.25) is 0 Å². The molecule has 0 atom stereocenters. The number of aliphatic hydroxyl groups excluding tert-OH is 1. The highest BCUT2D eigenvalue weighted by Gasteiger charge is 2.15. The van der Waals surface area contributed by atoms with Gasteiger partial charge in [-0.1, -0.05) is 0 Å². The minimum Gasteiger partial charge on any atom is -0.465 e. The third kappa shape index (κ3) is 6.30. The first-order valence-electron chi connectivity index (χ1n) is 3.69. The molecule has 1 amide bonds. The van der Waals surface area contributed by atoms with E-state index in [-0.39, 0.29) is 11.4 Å². The Morgan fingerprint density at radius 3 is 2.58 bits per heavy atom. The van der Waals surface area contributed by atoms with Crippen LogP contribution >= 0.6 is 11.8 Å². The predicted molar refractivity (Wildman–Crippen MR) is 49.7 cm³/mol. The van der Waals surface area contributed by atoms with E-state index in [1.165, 1.54) is 0 Å². The van der Waals surface area contributed by atoms with E-state index in [9.17, 15) is 4.79 Å². The van der Waals surface area contributed by atoms with Gasteiger partial charge in [-0.05, 0) is 13.8 Å². The predicted octanol–water partition coefficient (Wildman–Crippen LogP) is 0.758. The van der Waals surface area contributed by atoms with Crippen LogP contribution in [0.4, 0.5) is 4.79 Å². The largest absolute Gasteiger partial charge is 0.465 e. The first-order chi connectivity index (χ1) is 5.48. The van der Waals surface area contributed by atoms with Gasteiger partial charge in [0.25, 0.3) is 0 Å². The molecule has 0 fully saturated rings. The summed E-state index contributed by atoms with van der Waals surface area (Å²) in [4.78, 5) is 10.0. The maximum absolute atomic E-state index is 10.0. The molecule has 0 heterocycles. The number of hydrogen-bond acceptors (Lipinski definition) is 3. The number of rotatable bonds is 5. The Morgan fingerprint density at radius 1 is 1.58 bits per heavy atom. The van der Waals surface area contributed by atoms with Crippen LogP contribution < -0.4 is 5.32 Å². The van der Waals surface area contributed by atoms with Gasteiger partial charge in [0.1, 0.15) is 0 Å². The van der Waals surface area contributed by atoms with Crippen LogP contribution in [0.15, 0.2) is 0 Å². The summed E-state index contributed by atoms with van der Waals surface area (Å²) in [5.74, 6) is 0.680. The Bertz CT molecular complexity index is 150. The first-order valence-corrected chi connectivity index (χ1v) is 4.68. The zero-order valence-corrected chi connectivity index (χ0v) is 8.15. The molecule has 0 aliphatic carbocycles. The minimum absolute atomic E-state index is 0.102. The minimum atomic E-state index is -1.00. The molecule has 0 rings (SSSR count). The summed E-state index contributed by atoms with van der Waals surface area (Å²) in [5, 5.41) is 19.3. The molecule has 5 heteroatoms. The summed E-state index contributed by atoms with van der Waals surface area (Å²) in [6.45, 7) is 4.35. The van der Waals surface area contributed by atoms with Crippen LogP contribution in [0.25, 0.3) is 0 Å². The highest BCUT2D eigenvalue weighted by atomic mass is 32.2. The van der Waals surface area contributed by atoms with Gasteiger partial charge < -0.3 is 15.5 Å². The molecule has 0 saturated heterocycles. The van der Waals surface area contributed by atoms with Crippen molar-refractivity contribution in [2.75, 3.05) is 18.9 Å². The molecule has 0 aromatic heterocycles. The molecule has 0 unspecified atom stereocenters. The quantitative estimate of drug-likeness (QED) is 0.564. The molecular formula is C7H15NO3S. The summed E-state index contributed by atoms with van der Waals surface area (Å²) >= 11 is 1.54. The normalized spacial score (nSPS) is 11.2. The molecule has 0 aromatic carbocycles. The van der Waals surface area contributed by atoms with Gasteiger partial charge in [0, 0.05) is 17.0 Å². The Kier molecular flexibility index (Phi) is 5.08. The SMILES string of the molecule is CC(C)(CO)SCCNC(=O)O. The highest BCUT2D eigenvalue weighted by Crippen LogP contribution is 2.22. The van der Waals surface area contributed by atoms with Crippen molar-refractivity contribution in [1.29, 1.82) is 0 Å². The topological polar surface area (TPSA) is 69.6 Å². The average molecular weight is 193 g/mol. The van der Waals surface area contributed by atoms with Crippen molar-refractivity contribution in [3.05, 3.63) is 0 Å². The zero-order valence-electron chi connectivity index (χ0n) is 7.33. The molecule has 0 saturated carbocycles. The van der Waals surface area contributed by atoms with Crippen LogP contribution in [0, 0.1) is 0 Å². The Balaban J connectivity index is 3.37. The van der Waals surface area contributed by atoms with Crippen LogP contribution in [0.3, 0.4) is 0 Å². The van der Waals surface area contributed by atoms with Crippen molar-refractivity contribution in [1.82, 2.24) is 5.32 Å². The van der Waals surface area contributed by atoms with Gasteiger partial charge in [-0.25, -0.2) is 4.79 Å². The van der Waals surface area contributed by atoms with Gasteiger partial charge in [-0.3, -0.25) is 0 Å². The third-order valence-corrected chi connectivity index (χ3v) is 2.57. The van der Waals surface area contributed by atoms with Gasteiger partial charge in [0.05, 0.1) is 6.61 Å². The van der Waals surface area contributed by atoms with E-state index in [1.54, 1.807) is 11.8 Å². The van der Waals surface area contributed by atoms with E-state index >= 15 is 0 Å². The fourth-order valence-corrected chi connectivity index (χ4v) is 1.38. The second-order valence-corrected chi connectivity index (χ2v) is 4.80. The fraction of sp³-hybridized carbons (Fsp3) is 0.857. The lowest BCUT2D eigenvalue weighted by atomic mass is 10.2. The van der Waals surface area contributed by atoms with Gasteiger partial charge in [0.15, 0.2) is 0 Å². The second kappa shape index (κ2) is 5.27. The van der Waals surface area contributed by atoms with Gasteiger partial charge in [0.2, 0.25) is 0 Å². The van der Waals surface area contributed by atoms with Crippen LogP contribution in [-0.2, 0) is 0 Å². The molecule has 12 heavy (non-hydrogen) atoms. The maximum Gasteiger partial charge on any atom is 0.404 e. The number of amides is 1. The van der Waals surface area contributed by atoms with Crippen molar-refractivity contribution in [3.8, 4) is 0 Å². The van der Waals surface area contributed by atoms with Gasteiger partial charge in [-0.15, -0.1) is 0 Å². The Labute approximate surface area is 76.4 Å². The van der Waals surface area contributed by atoms with Crippen LogP contribution in [0.5, 0.6) is 0 Å². The summed E-state index contributed by atoms with van der Waals surface area (Å²) in [5.41, 5.74) is 0. The van der Waals surface area contributed by atoms with Crippen molar-refractivity contribution in [3.63, 3.8) is 0 Å². The third-order valence-electron chi connectivity index (χ3n) is 1.25. The Morgan fingerprint density at radius 2 is 2.17 bits per heavy atom.